The molecule has 178 valence electrons. The summed E-state index contributed by atoms with van der Waals surface area (Å²) in [6.07, 6.45) is 0.679. The van der Waals surface area contributed by atoms with Crippen molar-refractivity contribution in [3.05, 3.63) is 27.9 Å². The minimum atomic E-state index is -4.22. The Hall–Kier alpha value is -2.89. The number of carbonyl (C=O) groups excluding carboxylic acids is 1. The first-order chi connectivity index (χ1) is 15.6. The fourth-order valence-corrected chi connectivity index (χ4v) is 5.40. The summed E-state index contributed by atoms with van der Waals surface area (Å²) < 4.78 is 45.3. The zero-order valence-electron chi connectivity index (χ0n) is 17.4. The average molecular weight is 485 g/mol. The Morgan fingerprint density at radius 3 is 2.52 bits per heavy atom. The van der Waals surface area contributed by atoms with E-state index in [1.807, 2.05) is 6.08 Å². The maximum absolute atomic E-state index is 13.3. The highest BCUT2D eigenvalue weighted by Crippen LogP contribution is 2.48. The third-order valence-electron chi connectivity index (χ3n) is 5.89. The predicted molar refractivity (Wildman–Crippen MR) is 112 cm³/mol. The number of rotatable bonds is 4. The maximum atomic E-state index is 13.3. The monoisotopic (exact) mass is 485 g/mol. The fourth-order valence-electron chi connectivity index (χ4n) is 4.08. The largest absolute Gasteiger partial charge is 0.503 e. The van der Waals surface area contributed by atoms with Gasteiger partial charge in [-0.15, -0.1) is 11.3 Å². The summed E-state index contributed by atoms with van der Waals surface area (Å²) >= 11 is 1.21. The number of hydrogen-bond acceptors (Lipinski definition) is 6. The molecule has 2 aromatic rings. The minimum absolute atomic E-state index is 0.0302. The van der Waals surface area contributed by atoms with Crippen LogP contribution in [0.4, 0.5) is 23.0 Å². The van der Waals surface area contributed by atoms with E-state index in [9.17, 15) is 18.0 Å². The summed E-state index contributed by atoms with van der Waals surface area (Å²) in [4.78, 5) is 26.3. The first kappa shape index (κ1) is 23.3. The van der Waals surface area contributed by atoms with Crippen molar-refractivity contribution in [3.63, 3.8) is 0 Å². The number of allylic oxidation sites excluding steroid dienone is 1. The van der Waals surface area contributed by atoms with Crippen molar-refractivity contribution in [2.75, 3.05) is 5.32 Å². The Morgan fingerprint density at radius 1 is 1.18 bits per heavy atom. The van der Waals surface area contributed by atoms with Gasteiger partial charge < -0.3 is 20.1 Å². The van der Waals surface area contributed by atoms with E-state index in [2.05, 4.69) is 15.5 Å². The number of aromatic nitrogens is 2. The van der Waals surface area contributed by atoms with E-state index in [0.29, 0.717) is 33.1 Å². The quantitative estimate of drug-likeness (QED) is 0.514. The molecule has 5 rings (SSSR count). The molecule has 1 saturated carbocycles. The second-order valence-electron chi connectivity index (χ2n) is 8.28. The molecule has 1 atom stereocenters. The van der Waals surface area contributed by atoms with E-state index >= 15 is 0 Å². The van der Waals surface area contributed by atoms with Gasteiger partial charge >= 0.3 is 12.3 Å². The van der Waals surface area contributed by atoms with Crippen LogP contribution in [0.5, 0.6) is 0 Å². The van der Waals surface area contributed by atoms with E-state index in [4.69, 9.17) is 19.5 Å². The van der Waals surface area contributed by atoms with Crippen LogP contribution in [0.15, 0.2) is 16.2 Å². The van der Waals surface area contributed by atoms with Crippen molar-refractivity contribution in [1.29, 1.82) is 0 Å². The molecular weight excluding hydrogens is 463 g/mol. The van der Waals surface area contributed by atoms with Gasteiger partial charge in [-0.05, 0) is 56.9 Å². The normalized spacial score (nSPS) is 19.8. The van der Waals surface area contributed by atoms with Crippen LogP contribution in [0.2, 0.25) is 0 Å². The Bertz CT molecular complexity index is 1080. The number of nitrogens with zero attached hydrogens (tertiary/aromatic N) is 2. The lowest BCUT2D eigenvalue weighted by Gasteiger charge is -2.24. The van der Waals surface area contributed by atoms with Crippen molar-refractivity contribution in [2.45, 2.75) is 63.5 Å². The zero-order chi connectivity index (χ0) is 23.8. The van der Waals surface area contributed by atoms with Gasteiger partial charge in [0.2, 0.25) is 0 Å². The molecule has 0 spiro atoms. The maximum Gasteiger partial charge on any atom is 0.503 e. The molecule has 0 saturated heterocycles. The topological polar surface area (TPSA) is 126 Å². The van der Waals surface area contributed by atoms with Crippen LogP contribution in [0, 0.1) is 5.92 Å². The van der Waals surface area contributed by atoms with E-state index < -0.39 is 18.2 Å². The Balaban J connectivity index is 0.000000601. The van der Waals surface area contributed by atoms with E-state index in [1.165, 1.54) is 11.3 Å². The molecule has 0 aromatic carbocycles. The molecule has 0 unspecified atom stereocenters. The van der Waals surface area contributed by atoms with Crippen molar-refractivity contribution in [1.82, 2.24) is 10.1 Å². The molecule has 3 N–H and O–H groups in total. The highest BCUT2D eigenvalue weighted by molar-refractivity contribution is 7.17. The first-order valence-electron chi connectivity index (χ1n) is 10.6. The number of amides is 1. The fraction of sp³-hybridized carbons (Fsp3) is 0.524. The molecule has 33 heavy (non-hydrogen) atoms. The molecule has 12 heteroatoms. The Labute approximate surface area is 190 Å². The van der Waals surface area contributed by atoms with Crippen LogP contribution in [0.3, 0.4) is 0 Å². The van der Waals surface area contributed by atoms with Crippen molar-refractivity contribution in [2.24, 2.45) is 5.92 Å². The summed E-state index contributed by atoms with van der Waals surface area (Å²) in [5.74, 6) is -0.313. The first-order valence-corrected chi connectivity index (χ1v) is 11.4. The van der Waals surface area contributed by atoms with Gasteiger partial charge in [0.15, 0.2) is 5.82 Å². The smallest absolute Gasteiger partial charge is 0.450 e. The lowest BCUT2D eigenvalue weighted by molar-refractivity contribution is -0.176. The van der Waals surface area contributed by atoms with Crippen LogP contribution in [0.25, 0.3) is 11.5 Å². The number of anilines is 1. The van der Waals surface area contributed by atoms with E-state index in [-0.39, 0.29) is 25.2 Å². The third kappa shape index (κ3) is 5.37. The van der Waals surface area contributed by atoms with Crippen LogP contribution < -0.4 is 5.32 Å². The minimum Gasteiger partial charge on any atom is -0.450 e. The van der Waals surface area contributed by atoms with Gasteiger partial charge in [-0.1, -0.05) is 11.2 Å². The molecular formula is C21H22F3N3O5S. The zero-order valence-corrected chi connectivity index (χ0v) is 18.3. The number of carbonyl (C=O) groups is 2. The number of thiophene rings is 1. The SMILES string of the molecule is O=C(Nc1sc2c(c1-c1nc(C3CC3)no1)CC[C@H](C(F)(F)F)C2)C1=CCCC1.O=C(O)O. The lowest BCUT2D eigenvalue weighted by atomic mass is 9.86. The van der Waals surface area contributed by atoms with Crippen molar-refractivity contribution in [3.8, 4) is 11.5 Å². The van der Waals surface area contributed by atoms with Crippen LogP contribution in [-0.2, 0) is 17.6 Å². The molecule has 1 amide bonds. The number of halogens is 3. The standard InChI is InChI=1S/C20H20F3N3O2S.CH2O3/c21-20(22,23)12-7-8-13-14(9-12)29-19(25-17(27)11-3-1-2-4-11)15(13)18-24-16(26-28-18)10-5-6-10;2-1(3)4/h3,10,12H,1-2,4-9H2,(H,25,27);(H2,2,3,4)/t12-;/m0./s1. The van der Waals surface area contributed by atoms with Crippen molar-refractivity contribution >= 4 is 28.4 Å². The second-order valence-corrected chi connectivity index (χ2v) is 9.38. The van der Waals surface area contributed by atoms with Gasteiger partial charge in [0.05, 0.1) is 11.5 Å². The molecule has 0 aliphatic heterocycles. The summed E-state index contributed by atoms with van der Waals surface area (Å²) in [7, 11) is 0. The van der Waals surface area contributed by atoms with E-state index in [0.717, 1.165) is 43.2 Å². The summed E-state index contributed by atoms with van der Waals surface area (Å²) in [5.41, 5.74) is 2.13. The number of hydrogen-bond donors (Lipinski definition) is 3. The highest BCUT2D eigenvalue weighted by Gasteiger charge is 2.43. The molecule has 2 aromatic heterocycles. The highest BCUT2D eigenvalue weighted by atomic mass is 32.1. The Kier molecular flexibility index (Phi) is 6.46. The molecule has 2 heterocycles. The average Bonchev–Trinajstić information content (AvgIpc) is 3.14. The van der Waals surface area contributed by atoms with Gasteiger partial charge in [0.1, 0.15) is 5.00 Å². The summed E-state index contributed by atoms with van der Waals surface area (Å²) in [6.45, 7) is 0. The van der Waals surface area contributed by atoms with Gasteiger partial charge in [0.25, 0.3) is 11.8 Å². The molecule has 3 aliphatic carbocycles. The van der Waals surface area contributed by atoms with E-state index in [1.54, 1.807) is 0 Å². The van der Waals surface area contributed by atoms with Gasteiger partial charge in [-0.3, -0.25) is 4.79 Å². The van der Waals surface area contributed by atoms with Crippen LogP contribution in [-0.4, -0.2) is 38.6 Å². The molecule has 8 nitrogen and oxygen atoms in total. The van der Waals surface area contributed by atoms with Gasteiger partial charge in [-0.2, -0.15) is 18.2 Å². The second kappa shape index (κ2) is 9.16. The summed E-state index contributed by atoms with van der Waals surface area (Å²) in [5, 5.41) is 21.4. The number of carboxylic acid groups (broad SMARTS) is 2. The number of fused-ring (bicyclic) bond motifs is 1. The number of nitrogens with one attached hydrogen (secondary N) is 1. The molecule has 3 aliphatic rings. The molecule has 0 bridgehead atoms. The van der Waals surface area contributed by atoms with Crippen LogP contribution >= 0.6 is 11.3 Å². The van der Waals surface area contributed by atoms with Gasteiger partial charge in [-0.25, -0.2) is 4.79 Å². The predicted octanol–water partition coefficient (Wildman–Crippen LogP) is 5.61. The summed E-state index contributed by atoms with van der Waals surface area (Å²) in [6, 6.07) is 0. The molecule has 1 fully saturated rings. The lowest BCUT2D eigenvalue weighted by Crippen LogP contribution is -2.28. The third-order valence-corrected chi connectivity index (χ3v) is 7.06. The Morgan fingerprint density at radius 2 is 1.91 bits per heavy atom. The van der Waals surface area contributed by atoms with Crippen LogP contribution in [0.1, 0.15) is 60.7 Å². The number of alkyl halides is 3. The van der Waals surface area contributed by atoms with Gasteiger partial charge in [0, 0.05) is 16.4 Å². The molecule has 0 radical (unpaired) electrons. The van der Waals surface area contributed by atoms with Crippen molar-refractivity contribution < 1.29 is 37.5 Å².